The summed E-state index contributed by atoms with van der Waals surface area (Å²) in [4.78, 5) is 9.97. The van der Waals surface area contributed by atoms with E-state index in [1.807, 2.05) is 20.8 Å². The molecule has 0 saturated carbocycles. The minimum absolute atomic E-state index is 0.157. The van der Waals surface area contributed by atoms with Gasteiger partial charge in [-0.1, -0.05) is 20.8 Å². The summed E-state index contributed by atoms with van der Waals surface area (Å²) in [5.41, 5.74) is 0. The zero-order valence-corrected chi connectivity index (χ0v) is 6.13. The summed E-state index contributed by atoms with van der Waals surface area (Å²) in [7, 11) is 0. The van der Waals surface area contributed by atoms with E-state index in [1.165, 1.54) is 0 Å². The molecule has 0 heterocycles. The molecule has 0 spiro atoms. The van der Waals surface area contributed by atoms with Crippen LogP contribution in [0.15, 0.2) is 0 Å². The van der Waals surface area contributed by atoms with Gasteiger partial charge in [-0.25, -0.2) is 0 Å². The van der Waals surface area contributed by atoms with E-state index < -0.39 is 0 Å². The molecule has 0 aliphatic heterocycles. The van der Waals surface area contributed by atoms with E-state index >= 15 is 0 Å². The standard InChI is InChI=1S/C6H13NO2/c1-4-6(5(2)3)7(8)9/h5-6H,4H2,1-3H3. The predicted octanol–water partition coefficient (Wildman–Crippen LogP) is 1.70. The summed E-state index contributed by atoms with van der Waals surface area (Å²) in [6, 6.07) is -0.356. The van der Waals surface area contributed by atoms with Gasteiger partial charge in [-0.05, 0) is 0 Å². The first-order valence-corrected chi connectivity index (χ1v) is 3.23. The highest BCUT2D eigenvalue weighted by Crippen LogP contribution is 2.08. The predicted molar refractivity (Wildman–Crippen MR) is 35.9 cm³/mol. The Hall–Kier alpha value is -0.600. The zero-order chi connectivity index (χ0) is 7.44. The molecule has 0 aromatic carbocycles. The van der Waals surface area contributed by atoms with Crippen molar-refractivity contribution in [3.05, 3.63) is 10.1 Å². The maximum absolute atomic E-state index is 10.2. The molecule has 1 unspecified atom stereocenters. The van der Waals surface area contributed by atoms with Crippen LogP contribution in [-0.4, -0.2) is 11.0 Å². The second kappa shape index (κ2) is 3.43. The first-order valence-electron chi connectivity index (χ1n) is 3.23. The summed E-state index contributed by atoms with van der Waals surface area (Å²) in [5, 5.41) is 10.2. The van der Waals surface area contributed by atoms with Crippen LogP contribution in [0.3, 0.4) is 0 Å². The van der Waals surface area contributed by atoms with Crippen LogP contribution in [0.2, 0.25) is 0 Å². The Bertz CT molecular complexity index is 101. The van der Waals surface area contributed by atoms with Crippen LogP contribution in [0.5, 0.6) is 0 Å². The Balaban J connectivity index is 3.83. The zero-order valence-electron chi connectivity index (χ0n) is 6.13. The highest BCUT2D eigenvalue weighted by molar-refractivity contribution is 4.56. The number of hydrogen-bond acceptors (Lipinski definition) is 2. The number of rotatable bonds is 3. The van der Waals surface area contributed by atoms with E-state index in [0.717, 1.165) is 0 Å². The third-order valence-electron chi connectivity index (χ3n) is 1.46. The molecule has 0 aromatic rings. The summed E-state index contributed by atoms with van der Waals surface area (Å²) in [6.07, 6.45) is 0.630. The Morgan fingerprint density at radius 1 is 1.56 bits per heavy atom. The average molecular weight is 131 g/mol. The van der Waals surface area contributed by atoms with Crippen LogP contribution in [-0.2, 0) is 0 Å². The molecule has 0 N–H and O–H groups in total. The lowest BCUT2D eigenvalue weighted by Crippen LogP contribution is -2.24. The van der Waals surface area contributed by atoms with Gasteiger partial charge in [0.1, 0.15) is 0 Å². The normalized spacial score (nSPS) is 13.8. The first kappa shape index (κ1) is 8.40. The Morgan fingerprint density at radius 2 is 2.00 bits per heavy atom. The van der Waals surface area contributed by atoms with Crippen LogP contribution in [0.25, 0.3) is 0 Å². The fourth-order valence-electron chi connectivity index (χ4n) is 0.864. The Morgan fingerprint density at radius 3 is 2.00 bits per heavy atom. The molecule has 0 fully saturated rings. The largest absolute Gasteiger partial charge is 0.264 e. The first-order chi connectivity index (χ1) is 4.09. The topological polar surface area (TPSA) is 43.1 Å². The van der Waals surface area contributed by atoms with Gasteiger partial charge < -0.3 is 0 Å². The van der Waals surface area contributed by atoms with Gasteiger partial charge in [-0.15, -0.1) is 0 Å². The quantitative estimate of drug-likeness (QED) is 0.432. The third-order valence-corrected chi connectivity index (χ3v) is 1.46. The molecule has 3 heteroatoms. The fraction of sp³-hybridized carbons (Fsp3) is 1.00. The van der Waals surface area contributed by atoms with E-state index in [9.17, 15) is 10.1 Å². The van der Waals surface area contributed by atoms with Crippen molar-refractivity contribution in [1.82, 2.24) is 0 Å². The van der Waals surface area contributed by atoms with E-state index in [4.69, 9.17) is 0 Å². The van der Waals surface area contributed by atoms with Gasteiger partial charge >= 0.3 is 0 Å². The minimum Gasteiger partial charge on any atom is -0.264 e. The van der Waals surface area contributed by atoms with Crippen molar-refractivity contribution in [2.24, 2.45) is 5.92 Å². The molecule has 0 saturated heterocycles. The van der Waals surface area contributed by atoms with E-state index in [2.05, 4.69) is 0 Å². The minimum atomic E-state index is -0.356. The molecule has 9 heavy (non-hydrogen) atoms. The smallest absolute Gasteiger partial charge is 0.215 e. The highest BCUT2D eigenvalue weighted by Gasteiger charge is 2.20. The molecule has 0 aromatic heterocycles. The maximum atomic E-state index is 10.2. The second-order valence-electron chi connectivity index (χ2n) is 2.50. The number of nitrogens with zero attached hydrogens (tertiary/aromatic N) is 1. The summed E-state index contributed by atoms with van der Waals surface area (Å²) in [5.74, 6) is 0.157. The van der Waals surface area contributed by atoms with Crippen LogP contribution < -0.4 is 0 Å². The third kappa shape index (κ3) is 2.44. The second-order valence-corrected chi connectivity index (χ2v) is 2.50. The summed E-state index contributed by atoms with van der Waals surface area (Å²) in [6.45, 7) is 5.58. The lowest BCUT2D eigenvalue weighted by atomic mass is 10.0. The van der Waals surface area contributed by atoms with Gasteiger partial charge in [0.25, 0.3) is 0 Å². The van der Waals surface area contributed by atoms with Gasteiger partial charge in [-0.2, -0.15) is 0 Å². The van der Waals surface area contributed by atoms with Crippen molar-refractivity contribution in [2.75, 3.05) is 0 Å². The highest BCUT2D eigenvalue weighted by atomic mass is 16.6. The maximum Gasteiger partial charge on any atom is 0.215 e. The molecule has 0 aliphatic carbocycles. The molecule has 54 valence electrons. The molecule has 0 aliphatic rings. The van der Waals surface area contributed by atoms with Crippen LogP contribution in [0.4, 0.5) is 0 Å². The van der Waals surface area contributed by atoms with Crippen LogP contribution in [0.1, 0.15) is 27.2 Å². The summed E-state index contributed by atoms with van der Waals surface area (Å²) >= 11 is 0. The van der Waals surface area contributed by atoms with Gasteiger partial charge in [0.05, 0.1) is 0 Å². The van der Waals surface area contributed by atoms with Crippen molar-refractivity contribution in [1.29, 1.82) is 0 Å². The monoisotopic (exact) mass is 131 g/mol. The molecule has 3 nitrogen and oxygen atoms in total. The summed E-state index contributed by atoms with van der Waals surface area (Å²) < 4.78 is 0. The van der Waals surface area contributed by atoms with Crippen molar-refractivity contribution in [2.45, 2.75) is 33.2 Å². The molecule has 0 radical (unpaired) electrons. The van der Waals surface area contributed by atoms with E-state index in [1.54, 1.807) is 0 Å². The average Bonchev–Trinajstić information content (AvgIpc) is 1.64. The van der Waals surface area contributed by atoms with Crippen molar-refractivity contribution < 1.29 is 4.92 Å². The lowest BCUT2D eigenvalue weighted by molar-refractivity contribution is -0.531. The Kier molecular flexibility index (Phi) is 3.20. The van der Waals surface area contributed by atoms with Crippen LogP contribution in [0, 0.1) is 16.0 Å². The van der Waals surface area contributed by atoms with Crippen molar-refractivity contribution in [3.8, 4) is 0 Å². The molecule has 0 rings (SSSR count). The van der Waals surface area contributed by atoms with E-state index in [0.29, 0.717) is 6.42 Å². The molecular weight excluding hydrogens is 118 g/mol. The molecular formula is C6H13NO2. The molecule has 0 amide bonds. The number of hydrogen-bond donors (Lipinski definition) is 0. The van der Waals surface area contributed by atoms with Gasteiger partial charge in [0.2, 0.25) is 6.04 Å². The lowest BCUT2D eigenvalue weighted by Gasteiger charge is -2.08. The molecule has 1 atom stereocenters. The van der Waals surface area contributed by atoms with Gasteiger partial charge in [0, 0.05) is 17.3 Å². The van der Waals surface area contributed by atoms with Gasteiger partial charge in [-0.3, -0.25) is 10.1 Å². The fourth-order valence-corrected chi connectivity index (χ4v) is 0.864. The van der Waals surface area contributed by atoms with Crippen LogP contribution >= 0.6 is 0 Å². The van der Waals surface area contributed by atoms with Crippen molar-refractivity contribution >= 4 is 0 Å². The molecule has 0 bridgehead atoms. The van der Waals surface area contributed by atoms with E-state index in [-0.39, 0.29) is 16.9 Å². The van der Waals surface area contributed by atoms with Gasteiger partial charge in [0.15, 0.2) is 0 Å². The number of nitro groups is 1. The SMILES string of the molecule is CCC(C(C)C)[N+](=O)[O-]. The van der Waals surface area contributed by atoms with Crippen molar-refractivity contribution in [3.63, 3.8) is 0 Å². The Labute approximate surface area is 55.2 Å².